The first-order valence-electron chi connectivity index (χ1n) is 4.46. The summed E-state index contributed by atoms with van der Waals surface area (Å²) in [5.41, 5.74) is 1.48. The second-order valence-electron chi connectivity index (χ2n) is 3.53. The molecule has 0 fully saturated rings. The van der Waals surface area contributed by atoms with Crippen LogP contribution in [0.5, 0.6) is 0 Å². The van der Waals surface area contributed by atoms with E-state index in [9.17, 15) is 0 Å². The minimum Gasteiger partial charge on any atom is -0.422 e. The van der Waals surface area contributed by atoms with E-state index in [2.05, 4.69) is 23.8 Å². The highest BCUT2D eigenvalue weighted by atomic mass is 16.4. The molecule has 0 saturated heterocycles. The van der Waals surface area contributed by atoms with Crippen molar-refractivity contribution < 1.29 is 4.42 Å². The van der Waals surface area contributed by atoms with Gasteiger partial charge in [-0.25, -0.2) is 9.97 Å². The predicted octanol–water partition coefficient (Wildman–Crippen LogP) is 2.42. The fourth-order valence-corrected chi connectivity index (χ4v) is 1.25. The van der Waals surface area contributed by atoms with Crippen molar-refractivity contribution in [1.82, 2.24) is 9.97 Å². The van der Waals surface area contributed by atoms with Crippen LogP contribution in [0.2, 0.25) is 0 Å². The molecule has 0 aliphatic rings. The standard InChI is InChI=1S/C10H12N2O/c1-7(2)6-9-12-8-4-3-5-11-10(8)13-9/h3-5,7H,6H2,1-2H3. The molecule has 3 nitrogen and oxygen atoms in total. The maximum Gasteiger partial charge on any atom is 0.246 e. The zero-order valence-corrected chi connectivity index (χ0v) is 7.82. The maximum absolute atomic E-state index is 5.46. The first-order valence-corrected chi connectivity index (χ1v) is 4.46. The van der Waals surface area contributed by atoms with Crippen LogP contribution in [0.15, 0.2) is 22.7 Å². The van der Waals surface area contributed by atoms with Crippen LogP contribution in [-0.2, 0) is 6.42 Å². The van der Waals surface area contributed by atoms with Gasteiger partial charge in [0.15, 0.2) is 5.89 Å². The predicted molar refractivity (Wildman–Crippen MR) is 50.3 cm³/mol. The first kappa shape index (κ1) is 8.23. The molecule has 0 amide bonds. The second kappa shape index (κ2) is 3.17. The normalized spacial score (nSPS) is 11.3. The van der Waals surface area contributed by atoms with Crippen molar-refractivity contribution in [3.63, 3.8) is 0 Å². The lowest BCUT2D eigenvalue weighted by atomic mass is 10.1. The number of hydrogen-bond acceptors (Lipinski definition) is 3. The molecular formula is C10H12N2O. The van der Waals surface area contributed by atoms with Gasteiger partial charge in [-0.3, -0.25) is 0 Å². The van der Waals surface area contributed by atoms with E-state index < -0.39 is 0 Å². The summed E-state index contributed by atoms with van der Waals surface area (Å²) in [7, 11) is 0. The van der Waals surface area contributed by atoms with Crippen molar-refractivity contribution in [1.29, 1.82) is 0 Å². The molecule has 0 bridgehead atoms. The number of aromatic nitrogens is 2. The third kappa shape index (κ3) is 1.69. The Labute approximate surface area is 76.8 Å². The molecule has 3 heteroatoms. The van der Waals surface area contributed by atoms with E-state index in [1.807, 2.05) is 12.1 Å². The Morgan fingerprint density at radius 1 is 1.46 bits per heavy atom. The van der Waals surface area contributed by atoms with Gasteiger partial charge in [0.1, 0.15) is 5.52 Å². The van der Waals surface area contributed by atoms with Crippen LogP contribution in [0.1, 0.15) is 19.7 Å². The van der Waals surface area contributed by atoms with Gasteiger partial charge in [0.2, 0.25) is 5.71 Å². The molecule has 2 aromatic rings. The van der Waals surface area contributed by atoms with E-state index in [1.165, 1.54) is 0 Å². The molecule has 0 aromatic carbocycles. The highest BCUT2D eigenvalue weighted by molar-refractivity contribution is 5.67. The molecule has 0 atom stereocenters. The molecule has 0 unspecified atom stereocenters. The summed E-state index contributed by atoms with van der Waals surface area (Å²) in [6.45, 7) is 4.28. The molecule has 0 aliphatic carbocycles. The lowest BCUT2D eigenvalue weighted by Crippen LogP contribution is -1.93. The Morgan fingerprint density at radius 2 is 2.31 bits per heavy atom. The Kier molecular flexibility index (Phi) is 2.00. The van der Waals surface area contributed by atoms with Gasteiger partial charge in [-0.2, -0.15) is 0 Å². The Hall–Kier alpha value is -1.38. The lowest BCUT2D eigenvalue weighted by Gasteiger charge is -1.96. The molecule has 68 valence electrons. The van der Waals surface area contributed by atoms with Crippen molar-refractivity contribution >= 4 is 11.2 Å². The Balaban J connectivity index is 2.38. The summed E-state index contributed by atoms with van der Waals surface area (Å²) in [6, 6.07) is 3.78. The summed E-state index contributed by atoms with van der Waals surface area (Å²) < 4.78 is 5.46. The number of fused-ring (bicyclic) bond motifs is 1. The average molecular weight is 176 g/mol. The third-order valence-corrected chi connectivity index (χ3v) is 1.79. The molecule has 0 saturated carbocycles. The summed E-state index contributed by atoms with van der Waals surface area (Å²) >= 11 is 0. The second-order valence-corrected chi connectivity index (χ2v) is 3.53. The molecule has 0 spiro atoms. The van der Waals surface area contributed by atoms with E-state index in [4.69, 9.17) is 4.42 Å². The van der Waals surface area contributed by atoms with Gasteiger partial charge >= 0.3 is 0 Å². The molecule has 2 rings (SSSR count). The molecule has 2 heterocycles. The zero-order valence-electron chi connectivity index (χ0n) is 7.82. The van der Waals surface area contributed by atoms with Crippen LogP contribution in [0, 0.1) is 5.92 Å². The summed E-state index contributed by atoms with van der Waals surface area (Å²) in [5.74, 6) is 1.34. The van der Waals surface area contributed by atoms with Gasteiger partial charge in [0.05, 0.1) is 0 Å². The number of oxazole rings is 1. The van der Waals surface area contributed by atoms with Crippen molar-refractivity contribution in [2.45, 2.75) is 20.3 Å². The first-order chi connectivity index (χ1) is 6.25. The van der Waals surface area contributed by atoms with Crippen LogP contribution >= 0.6 is 0 Å². The van der Waals surface area contributed by atoms with E-state index in [0.29, 0.717) is 11.6 Å². The van der Waals surface area contributed by atoms with E-state index in [0.717, 1.165) is 17.8 Å². The van der Waals surface area contributed by atoms with Crippen LogP contribution in [0.3, 0.4) is 0 Å². The minimum absolute atomic E-state index is 0.563. The van der Waals surface area contributed by atoms with E-state index in [1.54, 1.807) is 6.20 Å². The number of rotatable bonds is 2. The van der Waals surface area contributed by atoms with Crippen molar-refractivity contribution in [2.24, 2.45) is 5.92 Å². The highest BCUT2D eigenvalue weighted by Crippen LogP contribution is 2.14. The molecule has 13 heavy (non-hydrogen) atoms. The fraction of sp³-hybridized carbons (Fsp3) is 0.400. The topological polar surface area (TPSA) is 38.9 Å². The van der Waals surface area contributed by atoms with Crippen molar-refractivity contribution in [3.8, 4) is 0 Å². The smallest absolute Gasteiger partial charge is 0.246 e. The largest absolute Gasteiger partial charge is 0.422 e. The molecule has 2 aromatic heterocycles. The Morgan fingerprint density at radius 3 is 3.00 bits per heavy atom. The van der Waals surface area contributed by atoms with E-state index >= 15 is 0 Å². The molecule has 0 N–H and O–H groups in total. The molecular weight excluding hydrogens is 164 g/mol. The summed E-state index contributed by atoms with van der Waals surface area (Å²) in [6.07, 6.45) is 2.59. The van der Waals surface area contributed by atoms with Gasteiger partial charge in [0, 0.05) is 12.6 Å². The highest BCUT2D eigenvalue weighted by Gasteiger charge is 2.06. The maximum atomic E-state index is 5.46. The minimum atomic E-state index is 0.563. The van der Waals surface area contributed by atoms with Crippen LogP contribution in [0.4, 0.5) is 0 Å². The lowest BCUT2D eigenvalue weighted by molar-refractivity contribution is 0.477. The van der Waals surface area contributed by atoms with Gasteiger partial charge in [-0.05, 0) is 18.1 Å². The third-order valence-electron chi connectivity index (χ3n) is 1.79. The average Bonchev–Trinajstić information content (AvgIpc) is 2.44. The zero-order chi connectivity index (χ0) is 9.26. The van der Waals surface area contributed by atoms with Crippen LogP contribution in [0.25, 0.3) is 11.2 Å². The number of pyridine rings is 1. The number of hydrogen-bond donors (Lipinski definition) is 0. The summed E-state index contributed by atoms with van der Waals surface area (Å²) in [4.78, 5) is 8.40. The van der Waals surface area contributed by atoms with E-state index in [-0.39, 0.29) is 0 Å². The van der Waals surface area contributed by atoms with Crippen molar-refractivity contribution in [3.05, 3.63) is 24.2 Å². The van der Waals surface area contributed by atoms with Gasteiger partial charge in [0.25, 0.3) is 0 Å². The Bertz CT molecular complexity index is 373. The SMILES string of the molecule is CC(C)Cc1nc2cccnc2o1. The van der Waals surface area contributed by atoms with Crippen molar-refractivity contribution in [2.75, 3.05) is 0 Å². The van der Waals surface area contributed by atoms with Gasteiger partial charge in [-0.15, -0.1) is 0 Å². The number of nitrogens with zero attached hydrogens (tertiary/aromatic N) is 2. The summed E-state index contributed by atoms with van der Waals surface area (Å²) in [5, 5.41) is 0. The molecule has 0 aliphatic heterocycles. The monoisotopic (exact) mass is 176 g/mol. The van der Waals surface area contributed by atoms with Crippen LogP contribution < -0.4 is 0 Å². The van der Waals surface area contributed by atoms with Gasteiger partial charge in [-0.1, -0.05) is 13.8 Å². The van der Waals surface area contributed by atoms with Gasteiger partial charge < -0.3 is 4.42 Å². The fourth-order valence-electron chi connectivity index (χ4n) is 1.25. The molecule has 0 radical (unpaired) electrons. The quantitative estimate of drug-likeness (QED) is 0.705. The van der Waals surface area contributed by atoms with Crippen LogP contribution in [-0.4, -0.2) is 9.97 Å².